The molecule has 0 saturated heterocycles. The number of hydrogen-bond donors (Lipinski definition) is 1. The number of aryl methyl sites for hydroxylation is 2. The molecule has 1 aromatic rings. The molecule has 1 aromatic heterocycles. The van der Waals surface area contributed by atoms with E-state index in [2.05, 4.69) is 38.1 Å². The van der Waals surface area contributed by atoms with Crippen molar-refractivity contribution in [3.63, 3.8) is 0 Å². The summed E-state index contributed by atoms with van der Waals surface area (Å²) in [5.41, 5.74) is 3.83. The Morgan fingerprint density at radius 1 is 1.10 bits per heavy atom. The van der Waals surface area contributed by atoms with E-state index in [0.717, 1.165) is 11.6 Å². The second-order valence-corrected chi connectivity index (χ2v) is 6.64. The Bertz CT molecular complexity index is 428. The quantitative estimate of drug-likeness (QED) is 0.842. The van der Waals surface area contributed by atoms with Gasteiger partial charge in [0.05, 0.1) is 5.69 Å². The average Bonchev–Trinajstić information content (AvgIpc) is 2.62. The zero-order valence-corrected chi connectivity index (χ0v) is 13.9. The molecule has 2 atom stereocenters. The maximum Gasteiger partial charge on any atom is 0.0644 e. The van der Waals surface area contributed by atoms with Crippen LogP contribution in [-0.4, -0.2) is 15.8 Å². The fraction of sp³-hybridized carbons (Fsp3) is 0.824. The zero-order valence-electron chi connectivity index (χ0n) is 13.9. The second kappa shape index (κ2) is 6.75. The highest BCUT2D eigenvalue weighted by Crippen LogP contribution is 2.28. The first kappa shape index (κ1) is 15.6. The lowest BCUT2D eigenvalue weighted by atomic mass is 9.92. The van der Waals surface area contributed by atoms with Gasteiger partial charge < -0.3 is 5.32 Å². The minimum atomic E-state index is 0.391. The van der Waals surface area contributed by atoms with Crippen LogP contribution in [0.1, 0.15) is 75.4 Å². The van der Waals surface area contributed by atoms with Gasteiger partial charge in [-0.2, -0.15) is 5.10 Å². The number of nitrogens with one attached hydrogen (secondary N) is 1. The molecule has 1 heterocycles. The van der Waals surface area contributed by atoms with E-state index in [-0.39, 0.29) is 0 Å². The Balaban J connectivity index is 2.01. The predicted molar refractivity (Wildman–Crippen MR) is 84.9 cm³/mol. The molecule has 1 fully saturated rings. The smallest absolute Gasteiger partial charge is 0.0644 e. The van der Waals surface area contributed by atoms with Crippen LogP contribution in [0.4, 0.5) is 0 Å². The van der Waals surface area contributed by atoms with E-state index >= 15 is 0 Å². The number of hydrogen-bond acceptors (Lipinski definition) is 2. The molecule has 1 saturated carbocycles. The Hall–Kier alpha value is -0.830. The molecule has 1 aliphatic carbocycles. The highest BCUT2D eigenvalue weighted by molar-refractivity contribution is 5.27. The SMILES string of the molecule is Cc1nn(C)c(C)c1C(C)N[C@H](C)C1CCCCCC1. The van der Waals surface area contributed by atoms with Crippen LogP contribution in [0, 0.1) is 19.8 Å². The summed E-state index contributed by atoms with van der Waals surface area (Å²) in [6, 6.07) is 0.990. The molecule has 1 N–H and O–H groups in total. The van der Waals surface area contributed by atoms with E-state index < -0.39 is 0 Å². The van der Waals surface area contributed by atoms with Crippen molar-refractivity contribution in [3.8, 4) is 0 Å². The van der Waals surface area contributed by atoms with Gasteiger partial charge in [0.1, 0.15) is 0 Å². The molecular formula is C17H31N3. The minimum Gasteiger partial charge on any atom is -0.307 e. The van der Waals surface area contributed by atoms with E-state index in [1.807, 2.05) is 11.7 Å². The van der Waals surface area contributed by atoms with Gasteiger partial charge in [-0.05, 0) is 46.5 Å². The Kier molecular flexibility index (Phi) is 5.25. The topological polar surface area (TPSA) is 29.9 Å². The first-order valence-corrected chi connectivity index (χ1v) is 8.26. The van der Waals surface area contributed by atoms with Crippen molar-refractivity contribution < 1.29 is 0 Å². The summed E-state index contributed by atoms with van der Waals surface area (Å²) in [7, 11) is 2.04. The normalized spacial score (nSPS) is 20.6. The Morgan fingerprint density at radius 3 is 2.20 bits per heavy atom. The summed E-state index contributed by atoms with van der Waals surface area (Å²) < 4.78 is 2.00. The van der Waals surface area contributed by atoms with Gasteiger partial charge in [-0.1, -0.05) is 25.7 Å². The number of rotatable bonds is 4. The third-order valence-electron chi connectivity index (χ3n) is 5.12. The first-order valence-electron chi connectivity index (χ1n) is 8.26. The van der Waals surface area contributed by atoms with Crippen LogP contribution in [0.3, 0.4) is 0 Å². The molecule has 0 aliphatic heterocycles. The van der Waals surface area contributed by atoms with Crippen molar-refractivity contribution in [2.75, 3.05) is 0 Å². The van der Waals surface area contributed by atoms with Gasteiger partial charge in [0, 0.05) is 30.4 Å². The summed E-state index contributed by atoms with van der Waals surface area (Å²) in [5, 5.41) is 8.38. The van der Waals surface area contributed by atoms with Gasteiger partial charge >= 0.3 is 0 Å². The van der Waals surface area contributed by atoms with E-state index in [0.29, 0.717) is 12.1 Å². The second-order valence-electron chi connectivity index (χ2n) is 6.64. The fourth-order valence-electron chi connectivity index (χ4n) is 3.84. The van der Waals surface area contributed by atoms with E-state index in [1.165, 1.54) is 49.8 Å². The minimum absolute atomic E-state index is 0.391. The van der Waals surface area contributed by atoms with Crippen LogP contribution >= 0.6 is 0 Å². The summed E-state index contributed by atoms with van der Waals surface area (Å²) in [5.74, 6) is 0.845. The van der Waals surface area contributed by atoms with Gasteiger partial charge in [0.15, 0.2) is 0 Å². The third-order valence-corrected chi connectivity index (χ3v) is 5.12. The predicted octanol–water partition coefficient (Wildman–Crippen LogP) is 4.05. The molecule has 0 aromatic carbocycles. The monoisotopic (exact) mass is 277 g/mol. The van der Waals surface area contributed by atoms with Crippen molar-refractivity contribution in [1.29, 1.82) is 0 Å². The third kappa shape index (κ3) is 3.43. The van der Waals surface area contributed by atoms with Crippen LogP contribution < -0.4 is 5.32 Å². The molecule has 3 nitrogen and oxygen atoms in total. The molecule has 1 unspecified atom stereocenters. The summed E-state index contributed by atoms with van der Waals surface area (Å²) >= 11 is 0. The van der Waals surface area contributed by atoms with Gasteiger partial charge in [-0.15, -0.1) is 0 Å². The van der Waals surface area contributed by atoms with Crippen molar-refractivity contribution >= 4 is 0 Å². The lowest BCUT2D eigenvalue weighted by Gasteiger charge is -2.27. The molecule has 0 radical (unpaired) electrons. The van der Waals surface area contributed by atoms with Crippen molar-refractivity contribution in [3.05, 3.63) is 17.0 Å². The van der Waals surface area contributed by atoms with E-state index in [1.54, 1.807) is 0 Å². The van der Waals surface area contributed by atoms with Gasteiger partial charge in [-0.3, -0.25) is 4.68 Å². The maximum absolute atomic E-state index is 4.54. The van der Waals surface area contributed by atoms with Gasteiger partial charge in [-0.25, -0.2) is 0 Å². The van der Waals surface area contributed by atoms with Gasteiger partial charge in [0.2, 0.25) is 0 Å². The van der Waals surface area contributed by atoms with Crippen LogP contribution in [0.2, 0.25) is 0 Å². The Labute approximate surface area is 124 Å². The largest absolute Gasteiger partial charge is 0.307 e. The van der Waals surface area contributed by atoms with Gasteiger partial charge in [0.25, 0.3) is 0 Å². The number of nitrogens with zero attached hydrogens (tertiary/aromatic N) is 2. The summed E-state index contributed by atoms with van der Waals surface area (Å²) in [6.45, 7) is 8.94. The molecule has 1 aliphatic rings. The highest BCUT2D eigenvalue weighted by atomic mass is 15.3. The van der Waals surface area contributed by atoms with Crippen LogP contribution in [0.15, 0.2) is 0 Å². The van der Waals surface area contributed by atoms with Crippen LogP contribution in [0.25, 0.3) is 0 Å². The van der Waals surface area contributed by atoms with Crippen molar-refractivity contribution in [2.45, 2.75) is 78.3 Å². The molecule has 2 rings (SSSR count). The summed E-state index contributed by atoms with van der Waals surface area (Å²) in [6.07, 6.45) is 8.48. The molecule has 0 amide bonds. The molecule has 0 spiro atoms. The molecular weight excluding hydrogens is 246 g/mol. The molecule has 3 heteroatoms. The summed E-state index contributed by atoms with van der Waals surface area (Å²) in [4.78, 5) is 0. The molecule has 0 bridgehead atoms. The Morgan fingerprint density at radius 2 is 1.70 bits per heavy atom. The standard InChI is InChI=1S/C17H31N3/c1-12(16-10-8-6-7-9-11-16)18-13(2)17-14(3)19-20(5)15(17)4/h12-13,16,18H,6-11H2,1-5H3/t12-,13?/m1/s1. The zero-order chi connectivity index (χ0) is 14.7. The van der Waals surface area contributed by atoms with Crippen LogP contribution in [-0.2, 0) is 7.05 Å². The average molecular weight is 277 g/mol. The maximum atomic E-state index is 4.54. The van der Waals surface area contributed by atoms with E-state index in [4.69, 9.17) is 0 Å². The molecule has 114 valence electrons. The first-order chi connectivity index (χ1) is 9.50. The van der Waals surface area contributed by atoms with Crippen LogP contribution in [0.5, 0.6) is 0 Å². The molecule has 20 heavy (non-hydrogen) atoms. The lowest BCUT2D eigenvalue weighted by Crippen LogP contribution is -2.35. The lowest BCUT2D eigenvalue weighted by molar-refractivity contribution is 0.316. The van der Waals surface area contributed by atoms with E-state index in [9.17, 15) is 0 Å². The van der Waals surface area contributed by atoms with Crippen molar-refractivity contribution in [2.24, 2.45) is 13.0 Å². The van der Waals surface area contributed by atoms with Crippen molar-refractivity contribution in [1.82, 2.24) is 15.1 Å². The number of aromatic nitrogens is 2. The highest BCUT2D eigenvalue weighted by Gasteiger charge is 2.23. The fourth-order valence-corrected chi connectivity index (χ4v) is 3.84.